The van der Waals surface area contributed by atoms with Crippen LogP contribution in [0.3, 0.4) is 0 Å². The number of piperidine rings is 1. The Bertz CT molecular complexity index is 644. The van der Waals surface area contributed by atoms with Gasteiger partial charge in [0, 0.05) is 6.54 Å². The van der Waals surface area contributed by atoms with E-state index in [1.807, 2.05) is 4.90 Å². The molecule has 4 N–H and O–H groups in total. The molecule has 7 nitrogen and oxygen atoms in total. The number of nitrogens with two attached hydrogens (primary N) is 1. The molecule has 1 aliphatic rings. The fourth-order valence-corrected chi connectivity index (χ4v) is 3.16. The van der Waals surface area contributed by atoms with Crippen molar-refractivity contribution >= 4 is 21.7 Å². The maximum atomic E-state index is 11.4. The fourth-order valence-electron chi connectivity index (χ4n) is 2.62. The average Bonchev–Trinajstić information content (AvgIpc) is 2.45. The van der Waals surface area contributed by atoms with Gasteiger partial charge in [0.25, 0.3) is 0 Å². The van der Waals surface area contributed by atoms with Crippen LogP contribution in [0.15, 0.2) is 23.1 Å². The summed E-state index contributed by atoms with van der Waals surface area (Å²) in [4.78, 5) is 13.0. The number of aliphatic hydroxyl groups excluding tert-OH is 1. The minimum atomic E-state index is -3.96. The molecule has 0 aliphatic carbocycles. The molecule has 2 rings (SSSR count). The topological polar surface area (TPSA) is 121 Å². The van der Waals surface area contributed by atoms with Crippen molar-refractivity contribution in [3.63, 3.8) is 0 Å². The molecular formula is C13H18N2O5S. The van der Waals surface area contributed by atoms with Crippen molar-refractivity contribution in [1.82, 2.24) is 0 Å². The molecule has 0 aromatic heterocycles. The van der Waals surface area contributed by atoms with Crippen LogP contribution in [-0.4, -0.2) is 43.8 Å². The van der Waals surface area contributed by atoms with Gasteiger partial charge in [-0.15, -0.1) is 0 Å². The Balaban J connectivity index is 2.50. The summed E-state index contributed by atoms with van der Waals surface area (Å²) in [5.74, 6) is -1.22. The second-order valence-electron chi connectivity index (χ2n) is 5.05. The zero-order valence-electron chi connectivity index (χ0n) is 11.4. The van der Waals surface area contributed by atoms with Crippen molar-refractivity contribution in [3.8, 4) is 0 Å². The van der Waals surface area contributed by atoms with Gasteiger partial charge in [0.15, 0.2) is 0 Å². The van der Waals surface area contributed by atoms with Crippen LogP contribution in [0, 0.1) is 0 Å². The number of anilines is 1. The Morgan fingerprint density at radius 2 is 2.10 bits per heavy atom. The van der Waals surface area contributed by atoms with Crippen molar-refractivity contribution in [2.75, 3.05) is 18.1 Å². The number of nitrogens with zero attached hydrogens (tertiary/aromatic N) is 1. The Kier molecular flexibility index (Phi) is 4.50. The van der Waals surface area contributed by atoms with Crippen LogP contribution < -0.4 is 10.0 Å². The van der Waals surface area contributed by atoms with Crippen molar-refractivity contribution < 1.29 is 23.4 Å². The highest BCUT2D eigenvalue weighted by Gasteiger charge is 2.26. The summed E-state index contributed by atoms with van der Waals surface area (Å²) in [7, 11) is -3.96. The SMILES string of the molecule is NS(=O)(=O)c1ccc(N2CCCCC2CO)c(C(=O)O)c1. The second-order valence-corrected chi connectivity index (χ2v) is 6.62. The lowest BCUT2D eigenvalue weighted by Crippen LogP contribution is -2.42. The molecule has 0 bridgehead atoms. The molecular weight excluding hydrogens is 296 g/mol. The van der Waals surface area contributed by atoms with Crippen molar-refractivity contribution in [1.29, 1.82) is 0 Å². The van der Waals surface area contributed by atoms with Crippen LogP contribution in [-0.2, 0) is 10.0 Å². The minimum Gasteiger partial charge on any atom is -0.478 e. The zero-order chi connectivity index (χ0) is 15.6. The van der Waals surface area contributed by atoms with Gasteiger partial charge in [0.05, 0.1) is 28.8 Å². The van der Waals surface area contributed by atoms with Gasteiger partial charge in [-0.3, -0.25) is 0 Å². The molecule has 1 saturated heterocycles. The monoisotopic (exact) mass is 314 g/mol. The number of rotatable bonds is 4. The normalized spacial score (nSPS) is 19.5. The van der Waals surface area contributed by atoms with E-state index < -0.39 is 16.0 Å². The highest BCUT2D eigenvalue weighted by atomic mass is 32.2. The molecule has 1 atom stereocenters. The van der Waals surface area contributed by atoms with E-state index in [1.54, 1.807) is 0 Å². The van der Waals surface area contributed by atoms with E-state index in [9.17, 15) is 23.4 Å². The molecule has 0 amide bonds. The second kappa shape index (κ2) is 6.00. The number of carbonyl (C=O) groups is 1. The standard InChI is InChI=1S/C13H18N2O5S/c14-21(19,20)10-4-5-12(11(7-10)13(17)18)15-6-2-1-3-9(15)8-16/h4-5,7,9,16H,1-3,6,8H2,(H,17,18)(H2,14,19,20). The predicted octanol–water partition coefficient (Wildman–Crippen LogP) is 0.383. The summed E-state index contributed by atoms with van der Waals surface area (Å²) in [5, 5.41) is 23.8. The van der Waals surface area contributed by atoms with Crippen LogP contribution >= 0.6 is 0 Å². The van der Waals surface area contributed by atoms with Gasteiger partial charge in [-0.1, -0.05) is 0 Å². The largest absolute Gasteiger partial charge is 0.478 e. The Hall–Kier alpha value is -1.64. The highest BCUT2D eigenvalue weighted by Crippen LogP contribution is 2.29. The average molecular weight is 314 g/mol. The van der Waals surface area contributed by atoms with Gasteiger partial charge >= 0.3 is 5.97 Å². The number of primary sulfonamides is 1. The molecule has 1 aromatic carbocycles. The third kappa shape index (κ3) is 3.34. The molecule has 1 fully saturated rings. The van der Waals surface area contributed by atoms with Crippen molar-refractivity contribution in [2.24, 2.45) is 5.14 Å². The summed E-state index contributed by atoms with van der Waals surface area (Å²) in [5.41, 5.74) is 0.288. The van der Waals surface area contributed by atoms with Crippen molar-refractivity contribution in [3.05, 3.63) is 23.8 Å². The third-order valence-electron chi connectivity index (χ3n) is 3.67. The van der Waals surface area contributed by atoms with Gasteiger partial charge in [-0.05, 0) is 37.5 Å². The first kappa shape index (κ1) is 15.7. The van der Waals surface area contributed by atoms with E-state index in [4.69, 9.17) is 5.14 Å². The summed E-state index contributed by atoms with van der Waals surface area (Å²) >= 11 is 0. The summed E-state index contributed by atoms with van der Waals surface area (Å²) in [6.07, 6.45) is 2.64. The number of carboxylic acids is 1. The maximum Gasteiger partial charge on any atom is 0.337 e. The first-order valence-electron chi connectivity index (χ1n) is 6.62. The number of sulfonamides is 1. The van der Waals surface area contributed by atoms with Gasteiger partial charge in [-0.2, -0.15) is 0 Å². The van der Waals surface area contributed by atoms with Gasteiger partial charge in [0.1, 0.15) is 0 Å². The van der Waals surface area contributed by atoms with E-state index in [-0.39, 0.29) is 23.1 Å². The zero-order valence-corrected chi connectivity index (χ0v) is 12.2. The molecule has 0 saturated carbocycles. The molecule has 0 spiro atoms. The van der Waals surface area contributed by atoms with E-state index in [0.717, 1.165) is 25.3 Å². The lowest BCUT2D eigenvalue weighted by molar-refractivity contribution is 0.0697. The maximum absolute atomic E-state index is 11.4. The van der Waals surface area contributed by atoms with Gasteiger partial charge < -0.3 is 15.1 Å². The Labute approximate surface area is 123 Å². The number of hydrogen-bond donors (Lipinski definition) is 3. The van der Waals surface area contributed by atoms with E-state index >= 15 is 0 Å². The molecule has 116 valence electrons. The molecule has 8 heteroatoms. The summed E-state index contributed by atoms with van der Waals surface area (Å²) in [6, 6.07) is 3.64. The highest BCUT2D eigenvalue weighted by molar-refractivity contribution is 7.89. The molecule has 21 heavy (non-hydrogen) atoms. The summed E-state index contributed by atoms with van der Waals surface area (Å²) in [6.45, 7) is 0.552. The smallest absolute Gasteiger partial charge is 0.337 e. The Morgan fingerprint density at radius 1 is 1.38 bits per heavy atom. The predicted molar refractivity (Wildman–Crippen MR) is 76.8 cm³/mol. The van der Waals surface area contributed by atoms with Crippen LogP contribution in [0.1, 0.15) is 29.6 Å². The lowest BCUT2D eigenvalue weighted by Gasteiger charge is -2.37. The first-order valence-corrected chi connectivity index (χ1v) is 8.17. The van der Waals surface area contributed by atoms with E-state index in [0.29, 0.717) is 12.2 Å². The van der Waals surface area contributed by atoms with Crippen LogP contribution in [0.4, 0.5) is 5.69 Å². The molecule has 1 aliphatic heterocycles. The molecule has 1 unspecified atom stereocenters. The number of aromatic carboxylic acids is 1. The fraction of sp³-hybridized carbons (Fsp3) is 0.462. The number of carboxylic acid groups (broad SMARTS) is 1. The van der Waals surface area contributed by atoms with E-state index in [1.165, 1.54) is 12.1 Å². The van der Waals surface area contributed by atoms with Gasteiger partial charge in [0.2, 0.25) is 10.0 Å². The van der Waals surface area contributed by atoms with Crippen molar-refractivity contribution in [2.45, 2.75) is 30.2 Å². The van der Waals surface area contributed by atoms with E-state index in [2.05, 4.69) is 0 Å². The van der Waals surface area contributed by atoms with Crippen LogP contribution in [0.5, 0.6) is 0 Å². The van der Waals surface area contributed by atoms with Crippen LogP contribution in [0.2, 0.25) is 0 Å². The number of benzene rings is 1. The summed E-state index contributed by atoms with van der Waals surface area (Å²) < 4.78 is 22.7. The minimum absolute atomic E-state index is 0.0734. The number of hydrogen-bond acceptors (Lipinski definition) is 5. The lowest BCUT2D eigenvalue weighted by atomic mass is 10.0. The molecule has 1 heterocycles. The number of aliphatic hydroxyl groups is 1. The molecule has 0 radical (unpaired) electrons. The Morgan fingerprint density at radius 3 is 2.67 bits per heavy atom. The third-order valence-corrected chi connectivity index (χ3v) is 4.59. The van der Waals surface area contributed by atoms with Crippen LogP contribution in [0.25, 0.3) is 0 Å². The van der Waals surface area contributed by atoms with Gasteiger partial charge in [-0.25, -0.2) is 18.4 Å². The molecule has 1 aromatic rings. The first-order chi connectivity index (χ1) is 9.84. The quantitative estimate of drug-likeness (QED) is 0.739.